The molecule has 0 aliphatic heterocycles. The zero-order valence-electron chi connectivity index (χ0n) is 16.6. The summed E-state index contributed by atoms with van der Waals surface area (Å²) in [6.07, 6.45) is 3.55. The first kappa shape index (κ1) is 19.8. The number of fused-ring (bicyclic) bond motifs is 1. The molecule has 2 aromatic carbocycles. The minimum atomic E-state index is -0.105. The molecule has 0 atom stereocenters. The lowest BCUT2D eigenvalue weighted by molar-refractivity contribution is 0.410. The third kappa shape index (κ3) is 4.72. The van der Waals surface area contributed by atoms with Gasteiger partial charge in [-0.3, -0.25) is 9.78 Å². The minimum absolute atomic E-state index is 0.105. The Labute approximate surface area is 180 Å². The highest BCUT2D eigenvalue weighted by molar-refractivity contribution is 7.80. The zero-order valence-corrected chi connectivity index (χ0v) is 17.4. The second-order valence-electron chi connectivity index (χ2n) is 7.23. The topological polar surface area (TPSA) is 61.0 Å². The third-order valence-electron chi connectivity index (χ3n) is 4.85. The summed E-state index contributed by atoms with van der Waals surface area (Å²) in [7, 11) is 0. The molecule has 0 fully saturated rings. The van der Waals surface area contributed by atoms with Gasteiger partial charge in [-0.15, -0.1) is 0 Å². The van der Waals surface area contributed by atoms with Gasteiger partial charge in [0.05, 0.1) is 6.54 Å². The summed E-state index contributed by atoms with van der Waals surface area (Å²) in [5.74, 6) is 0. The van der Waals surface area contributed by atoms with Gasteiger partial charge in [-0.1, -0.05) is 36.4 Å². The van der Waals surface area contributed by atoms with Gasteiger partial charge in [-0.05, 0) is 66.0 Å². The van der Waals surface area contributed by atoms with Gasteiger partial charge in [0.1, 0.15) is 0 Å². The molecular formula is C24H22N4OS. The molecule has 0 saturated carbocycles. The number of anilines is 1. The summed E-state index contributed by atoms with van der Waals surface area (Å²) in [6, 6.07) is 21.7. The van der Waals surface area contributed by atoms with E-state index in [1.807, 2.05) is 84.8 Å². The number of hydrogen-bond acceptors (Lipinski definition) is 3. The third-order valence-corrected chi connectivity index (χ3v) is 5.21. The number of aromatic nitrogens is 2. The molecule has 0 aliphatic carbocycles. The summed E-state index contributed by atoms with van der Waals surface area (Å²) in [5, 5.41) is 4.82. The fourth-order valence-corrected chi connectivity index (χ4v) is 3.57. The number of para-hydroxylation sites is 1. The fraction of sp³-hybridized carbons (Fsp3) is 0.125. The Morgan fingerprint density at radius 3 is 2.67 bits per heavy atom. The molecule has 2 heterocycles. The van der Waals surface area contributed by atoms with Crippen LogP contribution in [0.2, 0.25) is 0 Å². The largest absolute Gasteiger partial charge is 0.340 e. The van der Waals surface area contributed by atoms with Gasteiger partial charge in [0.25, 0.3) is 5.56 Å². The van der Waals surface area contributed by atoms with Crippen molar-refractivity contribution in [2.24, 2.45) is 0 Å². The van der Waals surface area contributed by atoms with Crippen LogP contribution in [0.5, 0.6) is 0 Å². The van der Waals surface area contributed by atoms with Gasteiger partial charge in [0.2, 0.25) is 0 Å². The Morgan fingerprint density at radius 1 is 1.07 bits per heavy atom. The number of H-pyrrole nitrogens is 1. The molecule has 0 unspecified atom stereocenters. The quantitative estimate of drug-likeness (QED) is 0.466. The van der Waals surface area contributed by atoms with Crippen molar-refractivity contribution >= 4 is 33.9 Å². The van der Waals surface area contributed by atoms with Crippen LogP contribution in [0.4, 0.5) is 5.69 Å². The predicted octanol–water partition coefficient (Wildman–Crippen LogP) is 4.63. The number of pyridine rings is 2. The van der Waals surface area contributed by atoms with Gasteiger partial charge in [-0.2, -0.15) is 0 Å². The Morgan fingerprint density at radius 2 is 1.90 bits per heavy atom. The number of aromatic amines is 1. The smallest absolute Gasteiger partial charge is 0.253 e. The van der Waals surface area contributed by atoms with Gasteiger partial charge in [-0.25, -0.2) is 0 Å². The Hall–Kier alpha value is -3.51. The first-order valence-corrected chi connectivity index (χ1v) is 10.1. The predicted molar refractivity (Wildman–Crippen MR) is 125 cm³/mol. The lowest BCUT2D eigenvalue weighted by Gasteiger charge is -2.26. The van der Waals surface area contributed by atoms with Gasteiger partial charge in [0, 0.05) is 35.7 Å². The lowest BCUT2D eigenvalue weighted by Crippen LogP contribution is -2.35. The van der Waals surface area contributed by atoms with Gasteiger partial charge < -0.3 is 15.2 Å². The van der Waals surface area contributed by atoms with Crippen LogP contribution in [0.15, 0.2) is 83.9 Å². The highest BCUT2D eigenvalue weighted by atomic mass is 32.1. The molecule has 30 heavy (non-hydrogen) atoms. The number of benzene rings is 2. The van der Waals surface area contributed by atoms with Crippen molar-refractivity contribution in [2.75, 3.05) is 5.32 Å². The Bertz CT molecular complexity index is 1220. The molecule has 2 aromatic heterocycles. The van der Waals surface area contributed by atoms with Crippen LogP contribution in [0.25, 0.3) is 10.9 Å². The van der Waals surface area contributed by atoms with E-state index >= 15 is 0 Å². The first-order valence-electron chi connectivity index (χ1n) is 9.71. The zero-order chi connectivity index (χ0) is 20.9. The van der Waals surface area contributed by atoms with Crippen molar-refractivity contribution < 1.29 is 0 Å². The lowest BCUT2D eigenvalue weighted by atomic mass is 10.1. The summed E-state index contributed by atoms with van der Waals surface area (Å²) in [4.78, 5) is 21.9. The normalized spacial score (nSPS) is 10.7. The molecule has 0 radical (unpaired) electrons. The van der Waals surface area contributed by atoms with E-state index in [9.17, 15) is 4.79 Å². The fourth-order valence-electron chi connectivity index (χ4n) is 3.32. The summed E-state index contributed by atoms with van der Waals surface area (Å²) in [5.41, 5.74) is 4.42. The highest BCUT2D eigenvalue weighted by Crippen LogP contribution is 2.16. The Balaban J connectivity index is 1.64. The molecule has 2 N–H and O–H groups in total. The minimum Gasteiger partial charge on any atom is -0.340 e. The van der Waals surface area contributed by atoms with Crippen molar-refractivity contribution in [1.29, 1.82) is 0 Å². The van der Waals surface area contributed by atoms with Crippen LogP contribution in [-0.4, -0.2) is 20.0 Å². The molecule has 0 saturated heterocycles. The molecule has 0 spiro atoms. The summed E-state index contributed by atoms with van der Waals surface area (Å²) in [6.45, 7) is 2.93. The molecular weight excluding hydrogens is 392 g/mol. The number of nitrogens with zero attached hydrogens (tertiary/aromatic N) is 2. The Kier molecular flexibility index (Phi) is 5.86. The van der Waals surface area contributed by atoms with Crippen molar-refractivity contribution in [1.82, 2.24) is 14.9 Å². The maximum atomic E-state index is 12.8. The maximum absolute atomic E-state index is 12.8. The summed E-state index contributed by atoms with van der Waals surface area (Å²) < 4.78 is 0. The number of nitrogens with one attached hydrogen (secondary N) is 2. The molecule has 5 nitrogen and oxygen atoms in total. The van der Waals surface area contributed by atoms with Gasteiger partial charge >= 0.3 is 0 Å². The van der Waals surface area contributed by atoms with Crippen LogP contribution in [-0.2, 0) is 13.1 Å². The van der Waals surface area contributed by atoms with Crippen molar-refractivity contribution in [3.05, 3.63) is 106 Å². The number of aryl methyl sites for hydroxylation is 1. The second-order valence-corrected chi connectivity index (χ2v) is 7.61. The average Bonchev–Trinajstić information content (AvgIpc) is 2.75. The molecule has 4 rings (SSSR count). The monoisotopic (exact) mass is 414 g/mol. The second kappa shape index (κ2) is 8.88. The molecule has 0 amide bonds. The maximum Gasteiger partial charge on any atom is 0.253 e. The molecule has 0 aliphatic rings. The highest BCUT2D eigenvalue weighted by Gasteiger charge is 2.14. The van der Waals surface area contributed by atoms with E-state index in [0.29, 0.717) is 23.8 Å². The number of thiocarbonyl (C=S) groups is 1. The summed E-state index contributed by atoms with van der Waals surface area (Å²) >= 11 is 5.69. The van der Waals surface area contributed by atoms with Crippen LogP contribution in [0.3, 0.4) is 0 Å². The van der Waals surface area contributed by atoms with Crippen LogP contribution in [0.1, 0.15) is 16.7 Å². The number of rotatable bonds is 5. The van der Waals surface area contributed by atoms with Crippen LogP contribution in [0, 0.1) is 6.92 Å². The standard InChI is InChI=1S/C24H22N4OS/c1-17-9-10-19-13-20(23(29)27-22(19)12-17)16-28(15-18-6-5-11-25-14-18)24(30)26-21-7-3-2-4-8-21/h2-14H,15-16H2,1H3,(H,26,30)(H,27,29). The van der Waals surface area contributed by atoms with E-state index in [-0.39, 0.29) is 5.56 Å². The van der Waals surface area contributed by atoms with E-state index in [1.165, 1.54) is 0 Å². The van der Waals surface area contributed by atoms with Crippen molar-refractivity contribution in [2.45, 2.75) is 20.0 Å². The SMILES string of the molecule is Cc1ccc2cc(CN(Cc3cccnc3)C(=S)Nc3ccccc3)c(=O)[nH]c2c1. The number of hydrogen-bond donors (Lipinski definition) is 2. The van der Waals surface area contributed by atoms with E-state index in [0.717, 1.165) is 27.7 Å². The van der Waals surface area contributed by atoms with Crippen LogP contribution < -0.4 is 10.9 Å². The average molecular weight is 415 g/mol. The molecule has 150 valence electrons. The first-order chi connectivity index (χ1) is 14.6. The molecule has 0 bridgehead atoms. The van der Waals surface area contributed by atoms with E-state index in [4.69, 9.17) is 12.2 Å². The molecule has 6 heteroatoms. The van der Waals surface area contributed by atoms with Crippen molar-refractivity contribution in [3.8, 4) is 0 Å². The van der Waals surface area contributed by atoms with E-state index in [1.54, 1.807) is 6.20 Å². The van der Waals surface area contributed by atoms with Gasteiger partial charge in [0.15, 0.2) is 5.11 Å². The van der Waals surface area contributed by atoms with Crippen LogP contribution >= 0.6 is 12.2 Å². The molecule has 4 aromatic rings. The van der Waals surface area contributed by atoms with Crippen molar-refractivity contribution in [3.63, 3.8) is 0 Å². The van der Waals surface area contributed by atoms with E-state index in [2.05, 4.69) is 15.3 Å². The van der Waals surface area contributed by atoms with E-state index < -0.39 is 0 Å².